The Morgan fingerprint density at radius 3 is 2.33 bits per heavy atom. The molecule has 0 spiro atoms. The van der Waals surface area contributed by atoms with Crippen molar-refractivity contribution in [2.24, 2.45) is 0 Å². The number of nitrogens with zero attached hydrogens (tertiary/aromatic N) is 4. The number of ether oxygens (including phenoxy) is 3. The first-order chi connectivity index (χ1) is 21.4. The molecule has 0 amide bonds. The Bertz CT molecular complexity index is 1560. The van der Waals surface area contributed by atoms with E-state index in [2.05, 4.69) is 56.0 Å². The highest BCUT2D eigenvalue weighted by Crippen LogP contribution is 2.41. The van der Waals surface area contributed by atoms with Crippen molar-refractivity contribution in [3.8, 4) is 5.69 Å². The van der Waals surface area contributed by atoms with Gasteiger partial charge in [0.15, 0.2) is 14.1 Å². The van der Waals surface area contributed by atoms with Crippen molar-refractivity contribution in [3.63, 3.8) is 0 Å². The summed E-state index contributed by atoms with van der Waals surface area (Å²) in [6.07, 6.45) is 0.580. The minimum absolute atomic E-state index is 0.0655. The van der Waals surface area contributed by atoms with E-state index >= 15 is 0 Å². The molecule has 3 aromatic rings. The molecule has 1 saturated heterocycles. The lowest BCUT2D eigenvalue weighted by atomic mass is 9.92. The van der Waals surface area contributed by atoms with Crippen LogP contribution in [0.1, 0.15) is 66.4 Å². The van der Waals surface area contributed by atoms with Crippen molar-refractivity contribution < 1.29 is 27.1 Å². The number of benzene rings is 2. The molecule has 0 saturated carbocycles. The van der Waals surface area contributed by atoms with Gasteiger partial charge in [-0.3, -0.25) is 0 Å². The summed E-state index contributed by atoms with van der Waals surface area (Å²) in [6, 6.07) is 19.0. The van der Waals surface area contributed by atoms with Crippen LogP contribution >= 0.6 is 0 Å². The van der Waals surface area contributed by atoms with Gasteiger partial charge >= 0.3 is 0 Å². The summed E-state index contributed by atoms with van der Waals surface area (Å²) in [5.74, 6) is -0.961. The number of tetrazole rings is 1. The minimum atomic E-state index is -3.84. The third-order valence-electron chi connectivity index (χ3n) is 8.77. The van der Waals surface area contributed by atoms with Crippen molar-refractivity contribution in [1.82, 2.24) is 20.2 Å². The molecule has 0 aliphatic carbocycles. The van der Waals surface area contributed by atoms with Crippen LogP contribution in [0.3, 0.4) is 0 Å². The number of sulfone groups is 1. The van der Waals surface area contributed by atoms with Gasteiger partial charge in [-0.15, -0.1) is 0 Å². The SMILES string of the molecule is C=C(C[C@H](CCS(=O)(=O)c1nnnn1-c1ccccc1)O[Si](C)(C)C(C)(C)C)C[C@H]1OC(C)(C)O[C@]1(C)COCc1ccccc1. The highest BCUT2D eigenvalue weighted by atomic mass is 32.2. The second-order valence-corrected chi connectivity index (χ2v) is 21.1. The third-order valence-corrected chi connectivity index (χ3v) is 14.9. The summed E-state index contributed by atoms with van der Waals surface area (Å²) in [5, 5.41) is 11.2. The predicted molar refractivity (Wildman–Crippen MR) is 181 cm³/mol. The van der Waals surface area contributed by atoms with Gasteiger partial charge in [0.05, 0.1) is 30.8 Å². The van der Waals surface area contributed by atoms with E-state index in [1.165, 1.54) is 4.68 Å². The Morgan fingerprint density at radius 2 is 1.70 bits per heavy atom. The predicted octanol–water partition coefficient (Wildman–Crippen LogP) is 6.68. The van der Waals surface area contributed by atoms with Crippen molar-refractivity contribution in [2.75, 3.05) is 12.4 Å². The number of aromatic nitrogens is 4. The fraction of sp³-hybridized carbons (Fsp3) is 0.559. The highest BCUT2D eigenvalue weighted by molar-refractivity contribution is 7.91. The van der Waals surface area contributed by atoms with Crippen LogP contribution in [0.2, 0.25) is 18.1 Å². The number of rotatable bonds is 15. The van der Waals surface area contributed by atoms with Crippen LogP contribution in [0.25, 0.3) is 5.69 Å². The fourth-order valence-corrected chi connectivity index (χ4v) is 8.10. The molecule has 3 atom stereocenters. The van der Waals surface area contributed by atoms with Gasteiger partial charge in [0.2, 0.25) is 9.84 Å². The van der Waals surface area contributed by atoms with E-state index in [4.69, 9.17) is 18.6 Å². The lowest BCUT2D eigenvalue weighted by Gasteiger charge is -2.39. The first-order valence-electron chi connectivity index (χ1n) is 15.8. The maximum absolute atomic E-state index is 13.6. The summed E-state index contributed by atoms with van der Waals surface area (Å²) in [5.41, 5.74) is 1.86. The molecule has 1 aromatic heterocycles. The third kappa shape index (κ3) is 9.20. The normalized spacial score (nSPS) is 20.9. The molecule has 252 valence electrons. The smallest absolute Gasteiger partial charge is 0.272 e. The lowest BCUT2D eigenvalue weighted by Crippen LogP contribution is -2.45. The standard InChI is InChI=1S/C34H50N4O6SSi/c1-26(23-30-34(7,44-33(5,6)42-30)25-41-24-27-16-12-10-13-17-27)22-29(43-46(8,9)32(2,3)4)20-21-45(39,40)31-35-36-37-38(31)28-18-14-11-15-19-28/h10-19,29-30H,1,20-25H2,2-9H3/t29-,30+,34+/m0/s1. The molecule has 2 heterocycles. The molecular formula is C34H50N4O6SSi. The summed E-state index contributed by atoms with van der Waals surface area (Å²) in [7, 11) is -6.10. The summed E-state index contributed by atoms with van der Waals surface area (Å²) < 4.78 is 54.2. The first kappa shape index (κ1) is 36.1. The van der Waals surface area contributed by atoms with E-state index in [1.807, 2.05) is 69.3 Å². The molecule has 0 N–H and O–H groups in total. The average molecular weight is 671 g/mol. The summed E-state index contributed by atoms with van der Waals surface area (Å²) in [4.78, 5) is 0. The second kappa shape index (κ2) is 14.2. The van der Waals surface area contributed by atoms with Gasteiger partial charge in [-0.05, 0) is 86.3 Å². The molecule has 2 aromatic carbocycles. The molecule has 12 heteroatoms. The highest BCUT2D eigenvalue weighted by Gasteiger charge is 2.50. The Kier molecular flexibility index (Phi) is 11.1. The van der Waals surface area contributed by atoms with Gasteiger partial charge in [-0.25, -0.2) is 8.42 Å². The maximum Gasteiger partial charge on any atom is 0.272 e. The van der Waals surface area contributed by atoms with E-state index in [1.54, 1.807) is 12.1 Å². The van der Waals surface area contributed by atoms with Gasteiger partial charge in [0, 0.05) is 6.10 Å². The van der Waals surface area contributed by atoms with Crippen LogP contribution in [0.5, 0.6) is 0 Å². The van der Waals surface area contributed by atoms with Crippen LogP contribution in [-0.2, 0) is 35.1 Å². The minimum Gasteiger partial charge on any atom is -0.414 e. The second-order valence-electron chi connectivity index (χ2n) is 14.4. The monoisotopic (exact) mass is 670 g/mol. The van der Waals surface area contributed by atoms with Gasteiger partial charge < -0.3 is 18.6 Å². The van der Waals surface area contributed by atoms with Gasteiger partial charge in [-0.2, -0.15) is 4.68 Å². The van der Waals surface area contributed by atoms with E-state index in [0.717, 1.165) is 11.1 Å². The molecule has 1 aliphatic heterocycles. The van der Waals surface area contributed by atoms with Gasteiger partial charge in [0.25, 0.3) is 5.16 Å². The zero-order chi connectivity index (χ0) is 33.8. The largest absolute Gasteiger partial charge is 0.414 e. The Morgan fingerprint density at radius 1 is 1.07 bits per heavy atom. The quantitative estimate of drug-likeness (QED) is 0.129. The van der Waals surface area contributed by atoms with Gasteiger partial charge in [-0.1, -0.05) is 86.6 Å². The van der Waals surface area contributed by atoms with E-state index in [0.29, 0.717) is 31.7 Å². The van der Waals surface area contributed by atoms with E-state index < -0.39 is 29.5 Å². The molecule has 0 bridgehead atoms. The number of para-hydroxylation sites is 1. The van der Waals surface area contributed by atoms with Gasteiger partial charge in [0.1, 0.15) is 5.60 Å². The molecule has 46 heavy (non-hydrogen) atoms. The Labute approximate surface area is 275 Å². The molecule has 1 aliphatic rings. The topological polar surface area (TPSA) is 115 Å². The maximum atomic E-state index is 13.6. The van der Waals surface area contributed by atoms with Crippen molar-refractivity contribution >= 4 is 18.2 Å². The average Bonchev–Trinajstić information content (AvgIpc) is 3.55. The molecule has 1 fully saturated rings. The summed E-state index contributed by atoms with van der Waals surface area (Å²) in [6.45, 7) is 21.9. The fourth-order valence-electron chi connectivity index (χ4n) is 5.39. The van der Waals surface area contributed by atoms with Crippen LogP contribution in [0.4, 0.5) is 0 Å². The summed E-state index contributed by atoms with van der Waals surface area (Å²) >= 11 is 0. The van der Waals surface area contributed by atoms with E-state index in [-0.39, 0.29) is 34.6 Å². The van der Waals surface area contributed by atoms with Crippen molar-refractivity contribution in [3.05, 3.63) is 78.4 Å². The zero-order valence-electron chi connectivity index (χ0n) is 28.5. The van der Waals surface area contributed by atoms with Crippen molar-refractivity contribution in [1.29, 1.82) is 0 Å². The molecule has 0 radical (unpaired) electrons. The van der Waals surface area contributed by atoms with Crippen LogP contribution in [0, 0.1) is 0 Å². The van der Waals surface area contributed by atoms with Crippen LogP contribution in [-0.4, -0.2) is 72.9 Å². The number of hydrogen-bond donors (Lipinski definition) is 0. The first-order valence-corrected chi connectivity index (χ1v) is 20.4. The van der Waals surface area contributed by atoms with E-state index in [9.17, 15) is 8.42 Å². The zero-order valence-corrected chi connectivity index (χ0v) is 30.3. The molecule has 10 nitrogen and oxygen atoms in total. The number of hydrogen-bond acceptors (Lipinski definition) is 9. The van der Waals surface area contributed by atoms with Crippen LogP contribution in [0.15, 0.2) is 78.0 Å². The Balaban J connectivity index is 1.47. The molecule has 4 rings (SSSR count). The molecule has 0 unspecified atom stereocenters. The van der Waals surface area contributed by atoms with Crippen LogP contribution < -0.4 is 0 Å². The van der Waals surface area contributed by atoms with Crippen molar-refractivity contribution in [2.45, 2.75) is 114 Å². The molecular weight excluding hydrogens is 621 g/mol. The lowest BCUT2D eigenvalue weighted by molar-refractivity contribution is -0.170. The Hall–Kier alpha value is -2.74.